The van der Waals surface area contributed by atoms with Gasteiger partial charge in [-0.2, -0.15) is 5.10 Å². The quantitative estimate of drug-likeness (QED) is 0.877. The van der Waals surface area contributed by atoms with Crippen LogP contribution in [-0.4, -0.2) is 22.0 Å². The molecule has 1 heterocycles. The van der Waals surface area contributed by atoms with Crippen molar-refractivity contribution in [1.29, 1.82) is 0 Å². The monoisotopic (exact) mass is 232 g/mol. The number of methoxy groups -OCH3 is 1. The molecule has 0 aliphatic rings. The number of aliphatic hydroxyl groups is 1. The maximum atomic E-state index is 9.27. The minimum atomic E-state index is -0.0288. The fraction of sp³-hybridized carbons (Fsp3) is 0.308. The lowest BCUT2D eigenvalue weighted by atomic mass is 10.0. The van der Waals surface area contributed by atoms with Gasteiger partial charge in [0.2, 0.25) is 0 Å². The standard InChI is InChI=1S/C13H16N2O2/c1-3-15-8-11(7-14-15)12-6-4-5-10(9-16)13(12)17-2/h4-8,16H,3,9H2,1-2H3. The minimum absolute atomic E-state index is 0.0288. The van der Waals surface area contributed by atoms with E-state index in [1.807, 2.05) is 42.2 Å². The molecule has 0 aliphatic heterocycles. The van der Waals surface area contributed by atoms with Crippen LogP contribution in [0.3, 0.4) is 0 Å². The first-order valence-electron chi connectivity index (χ1n) is 5.59. The summed E-state index contributed by atoms with van der Waals surface area (Å²) in [7, 11) is 1.61. The molecule has 2 aromatic rings. The zero-order valence-electron chi connectivity index (χ0n) is 10.1. The van der Waals surface area contributed by atoms with Crippen molar-refractivity contribution in [1.82, 2.24) is 9.78 Å². The van der Waals surface area contributed by atoms with Gasteiger partial charge < -0.3 is 9.84 Å². The van der Waals surface area contributed by atoms with Crippen LogP contribution in [0.1, 0.15) is 12.5 Å². The van der Waals surface area contributed by atoms with Gasteiger partial charge in [0.25, 0.3) is 0 Å². The van der Waals surface area contributed by atoms with Gasteiger partial charge in [-0.25, -0.2) is 0 Å². The van der Waals surface area contributed by atoms with Crippen LogP contribution in [0.5, 0.6) is 5.75 Å². The van der Waals surface area contributed by atoms with Gasteiger partial charge in [-0.1, -0.05) is 18.2 Å². The highest BCUT2D eigenvalue weighted by Crippen LogP contribution is 2.32. The van der Waals surface area contributed by atoms with Gasteiger partial charge in [0, 0.05) is 29.4 Å². The minimum Gasteiger partial charge on any atom is -0.496 e. The van der Waals surface area contributed by atoms with Crippen molar-refractivity contribution in [2.24, 2.45) is 0 Å². The first-order chi connectivity index (χ1) is 8.30. The lowest BCUT2D eigenvalue weighted by Gasteiger charge is -2.10. The number of aryl methyl sites for hydroxylation is 1. The summed E-state index contributed by atoms with van der Waals surface area (Å²) in [5.74, 6) is 0.714. The summed E-state index contributed by atoms with van der Waals surface area (Å²) in [6, 6.07) is 5.73. The molecule has 0 atom stereocenters. The third-order valence-corrected chi connectivity index (χ3v) is 2.74. The number of aliphatic hydroxyl groups excluding tert-OH is 1. The molecule has 4 nitrogen and oxygen atoms in total. The first kappa shape index (κ1) is 11.7. The SMILES string of the molecule is CCn1cc(-c2cccc(CO)c2OC)cn1. The maximum Gasteiger partial charge on any atom is 0.132 e. The number of rotatable bonds is 4. The molecule has 2 rings (SSSR count). The molecule has 0 amide bonds. The highest BCUT2D eigenvalue weighted by atomic mass is 16.5. The summed E-state index contributed by atoms with van der Waals surface area (Å²) >= 11 is 0. The lowest BCUT2D eigenvalue weighted by molar-refractivity contribution is 0.274. The summed E-state index contributed by atoms with van der Waals surface area (Å²) < 4.78 is 7.23. The van der Waals surface area contributed by atoms with E-state index < -0.39 is 0 Å². The van der Waals surface area contributed by atoms with Gasteiger partial charge in [-0.05, 0) is 6.92 Å². The van der Waals surface area contributed by atoms with Crippen LogP contribution >= 0.6 is 0 Å². The van der Waals surface area contributed by atoms with Crippen LogP contribution in [0, 0.1) is 0 Å². The number of hydrogen-bond acceptors (Lipinski definition) is 3. The van der Waals surface area contributed by atoms with Crippen molar-refractivity contribution in [3.05, 3.63) is 36.2 Å². The van der Waals surface area contributed by atoms with Crippen LogP contribution in [0.25, 0.3) is 11.1 Å². The topological polar surface area (TPSA) is 47.3 Å². The third-order valence-electron chi connectivity index (χ3n) is 2.74. The zero-order chi connectivity index (χ0) is 12.3. The number of para-hydroxylation sites is 1. The third kappa shape index (κ3) is 2.17. The van der Waals surface area contributed by atoms with Crippen LogP contribution in [0.4, 0.5) is 0 Å². The van der Waals surface area contributed by atoms with E-state index in [1.54, 1.807) is 7.11 Å². The van der Waals surface area contributed by atoms with Gasteiger partial charge in [-0.3, -0.25) is 4.68 Å². The van der Waals surface area contributed by atoms with Crippen LogP contribution < -0.4 is 4.74 Å². The van der Waals surface area contributed by atoms with Gasteiger partial charge in [-0.15, -0.1) is 0 Å². The van der Waals surface area contributed by atoms with Crippen LogP contribution in [-0.2, 0) is 13.2 Å². The first-order valence-corrected chi connectivity index (χ1v) is 5.59. The average Bonchev–Trinajstić information content (AvgIpc) is 2.86. The van der Waals surface area contributed by atoms with Gasteiger partial charge >= 0.3 is 0 Å². The van der Waals surface area contributed by atoms with Crippen molar-refractivity contribution in [2.45, 2.75) is 20.1 Å². The predicted octanol–water partition coefficient (Wildman–Crippen LogP) is 2.07. The van der Waals surface area contributed by atoms with Gasteiger partial charge in [0.1, 0.15) is 5.75 Å². The number of aromatic nitrogens is 2. The Hall–Kier alpha value is -1.81. The molecular formula is C13H16N2O2. The smallest absolute Gasteiger partial charge is 0.132 e. The molecule has 1 aromatic heterocycles. The molecule has 0 saturated carbocycles. The molecule has 17 heavy (non-hydrogen) atoms. The number of benzene rings is 1. The summed E-state index contributed by atoms with van der Waals surface area (Å²) in [6.07, 6.45) is 3.78. The van der Waals surface area contributed by atoms with E-state index in [-0.39, 0.29) is 6.61 Å². The molecule has 0 aliphatic carbocycles. The molecule has 0 fully saturated rings. The highest BCUT2D eigenvalue weighted by molar-refractivity contribution is 5.71. The molecule has 0 unspecified atom stereocenters. The van der Waals surface area contributed by atoms with E-state index >= 15 is 0 Å². The normalized spacial score (nSPS) is 10.5. The number of ether oxygens (including phenoxy) is 1. The summed E-state index contributed by atoms with van der Waals surface area (Å²) in [6.45, 7) is 2.85. The van der Waals surface area contributed by atoms with E-state index in [4.69, 9.17) is 4.74 Å². The molecule has 0 bridgehead atoms. The number of nitrogens with zero attached hydrogens (tertiary/aromatic N) is 2. The molecule has 90 valence electrons. The molecule has 4 heteroatoms. The van der Waals surface area contributed by atoms with E-state index in [0.29, 0.717) is 5.75 Å². The van der Waals surface area contributed by atoms with Gasteiger partial charge in [0.05, 0.1) is 19.9 Å². The maximum absolute atomic E-state index is 9.27. The van der Waals surface area contributed by atoms with Crippen molar-refractivity contribution >= 4 is 0 Å². The second-order valence-corrected chi connectivity index (χ2v) is 3.74. The second kappa shape index (κ2) is 5.01. The summed E-state index contributed by atoms with van der Waals surface area (Å²) in [5.41, 5.74) is 2.74. The molecule has 1 aromatic carbocycles. The average molecular weight is 232 g/mol. The second-order valence-electron chi connectivity index (χ2n) is 3.74. The Balaban J connectivity index is 2.50. The summed E-state index contributed by atoms with van der Waals surface area (Å²) in [4.78, 5) is 0. The Morgan fingerprint density at radius 2 is 2.24 bits per heavy atom. The fourth-order valence-corrected chi connectivity index (χ4v) is 1.85. The van der Waals surface area contributed by atoms with Crippen molar-refractivity contribution in [3.8, 4) is 16.9 Å². The summed E-state index contributed by atoms with van der Waals surface area (Å²) in [5, 5.41) is 13.5. The van der Waals surface area contributed by atoms with E-state index in [0.717, 1.165) is 23.2 Å². The van der Waals surface area contributed by atoms with Crippen LogP contribution in [0.15, 0.2) is 30.6 Å². The predicted molar refractivity (Wildman–Crippen MR) is 65.8 cm³/mol. The molecule has 0 spiro atoms. The zero-order valence-corrected chi connectivity index (χ0v) is 10.1. The molecule has 1 N–H and O–H groups in total. The van der Waals surface area contributed by atoms with Crippen LogP contribution in [0.2, 0.25) is 0 Å². The molecule has 0 radical (unpaired) electrons. The van der Waals surface area contributed by atoms with Gasteiger partial charge in [0.15, 0.2) is 0 Å². The Bertz CT molecular complexity index is 506. The van der Waals surface area contributed by atoms with Crippen molar-refractivity contribution < 1.29 is 9.84 Å². The fourth-order valence-electron chi connectivity index (χ4n) is 1.85. The van der Waals surface area contributed by atoms with E-state index in [2.05, 4.69) is 5.10 Å². The Morgan fingerprint density at radius 1 is 1.41 bits per heavy atom. The highest BCUT2D eigenvalue weighted by Gasteiger charge is 2.11. The largest absolute Gasteiger partial charge is 0.496 e. The van der Waals surface area contributed by atoms with Crippen molar-refractivity contribution in [3.63, 3.8) is 0 Å². The Labute approximate surface area is 100 Å². The Kier molecular flexibility index (Phi) is 3.44. The molecule has 0 saturated heterocycles. The molecular weight excluding hydrogens is 216 g/mol. The van der Waals surface area contributed by atoms with E-state index in [1.165, 1.54) is 0 Å². The Morgan fingerprint density at radius 3 is 2.82 bits per heavy atom. The number of hydrogen-bond donors (Lipinski definition) is 1. The van der Waals surface area contributed by atoms with Crippen molar-refractivity contribution in [2.75, 3.05) is 7.11 Å². The van der Waals surface area contributed by atoms with E-state index in [9.17, 15) is 5.11 Å². The lowest BCUT2D eigenvalue weighted by Crippen LogP contribution is -1.94.